The smallest absolute Gasteiger partial charge is 0.164 e. The van der Waals surface area contributed by atoms with Crippen LogP contribution in [0.2, 0.25) is 5.02 Å². The van der Waals surface area contributed by atoms with Gasteiger partial charge in [0.05, 0.1) is 13.1 Å². The highest BCUT2D eigenvalue weighted by Crippen LogP contribution is 2.10. The lowest BCUT2D eigenvalue weighted by atomic mass is 10.2. The van der Waals surface area contributed by atoms with Gasteiger partial charge in [-0.2, -0.15) is 5.10 Å². The molecule has 0 amide bonds. The third-order valence-corrected chi connectivity index (χ3v) is 2.28. The van der Waals surface area contributed by atoms with Gasteiger partial charge in [-0.15, -0.1) is 0 Å². The monoisotopic (exact) mass is 222 g/mol. The van der Waals surface area contributed by atoms with Crippen molar-refractivity contribution in [1.29, 1.82) is 0 Å². The van der Waals surface area contributed by atoms with E-state index < -0.39 is 0 Å². The third-order valence-electron chi connectivity index (χ3n) is 2.02. The van der Waals surface area contributed by atoms with Crippen molar-refractivity contribution in [2.45, 2.75) is 13.1 Å². The van der Waals surface area contributed by atoms with Crippen LogP contribution in [0, 0.1) is 0 Å². The highest BCUT2D eigenvalue weighted by atomic mass is 35.5. The van der Waals surface area contributed by atoms with Gasteiger partial charge < -0.3 is 5.73 Å². The molecule has 2 N–H and O–H groups in total. The third kappa shape index (κ3) is 2.55. The molecular formula is C10H11ClN4. The van der Waals surface area contributed by atoms with Gasteiger partial charge in [0.15, 0.2) is 5.82 Å². The average Bonchev–Trinajstić information content (AvgIpc) is 2.69. The fourth-order valence-corrected chi connectivity index (χ4v) is 1.41. The van der Waals surface area contributed by atoms with Gasteiger partial charge in [0.25, 0.3) is 0 Å². The number of benzene rings is 1. The van der Waals surface area contributed by atoms with E-state index in [4.69, 9.17) is 17.3 Å². The summed E-state index contributed by atoms with van der Waals surface area (Å²) in [5.74, 6) is 0.656. The summed E-state index contributed by atoms with van der Waals surface area (Å²) in [5.41, 5.74) is 6.55. The van der Waals surface area contributed by atoms with Gasteiger partial charge in [-0.05, 0) is 17.7 Å². The number of nitrogens with zero attached hydrogens (tertiary/aromatic N) is 3. The van der Waals surface area contributed by atoms with Gasteiger partial charge in [-0.25, -0.2) is 9.67 Å². The number of nitrogens with two attached hydrogens (primary N) is 1. The maximum atomic E-state index is 5.79. The van der Waals surface area contributed by atoms with Gasteiger partial charge in [-0.1, -0.05) is 23.7 Å². The van der Waals surface area contributed by atoms with E-state index in [1.165, 1.54) is 0 Å². The summed E-state index contributed by atoms with van der Waals surface area (Å²) < 4.78 is 1.76. The first kappa shape index (κ1) is 10.1. The summed E-state index contributed by atoms with van der Waals surface area (Å²) in [7, 11) is 0. The summed E-state index contributed by atoms with van der Waals surface area (Å²) in [6, 6.07) is 7.65. The number of hydrogen-bond donors (Lipinski definition) is 1. The molecular weight excluding hydrogens is 212 g/mol. The topological polar surface area (TPSA) is 56.7 Å². The van der Waals surface area contributed by atoms with Crippen molar-refractivity contribution < 1.29 is 0 Å². The fraction of sp³-hybridized carbons (Fsp3) is 0.200. The molecule has 2 rings (SSSR count). The molecule has 0 aliphatic rings. The van der Waals surface area contributed by atoms with E-state index >= 15 is 0 Å². The molecule has 0 aliphatic carbocycles. The second-order valence-electron chi connectivity index (χ2n) is 3.19. The van der Waals surface area contributed by atoms with Crippen LogP contribution in [-0.4, -0.2) is 14.8 Å². The highest BCUT2D eigenvalue weighted by molar-refractivity contribution is 6.30. The minimum atomic E-state index is 0.369. The molecule has 0 saturated carbocycles. The lowest BCUT2D eigenvalue weighted by Gasteiger charge is -2.00. The molecule has 4 nitrogen and oxygen atoms in total. The quantitative estimate of drug-likeness (QED) is 0.855. The van der Waals surface area contributed by atoms with Crippen molar-refractivity contribution in [2.24, 2.45) is 5.73 Å². The van der Waals surface area contributed by atoms with Crippen molar-refractivity contribution in [2.75, 3.05) is 0 Å². The Labute approximate surface area is 92.7 Å². The number of aromatic nitrogens is 3. The van der Waals surface area contributed by atoms with Gasteiger partial charge in [0.2, 0.25) is 0 Å². The first-order valence-corrected chi connectivity index (χ1v) is 4.98. The van der Waals surface area contributed by atoms with Gasteiger partial charge in [0, 0.05) is 5.02 Å². The Morgan fingerprint density at radius 3 is 2.60 bits per heavy atom. The molecule has 0 bridgehead atoms. The molecule has 1 aromatic carbocycles. The zero-order valence-electron chi connectivity index (χ0n) is 8.10. The van der Waals surface area contributed by atoms with Crippen molar-refractivity contribution in [3.05, 3.63) is 47.0 Å². The van der Waals surface area contributed by atoms with Crippen LogP contribution in [0.3, 0.4) is 0 Å². The predicted molar refractivity (Wildman–Crippen MR) is 58.5 cm³/mol. The van der Waals surface area contributed by atoms with E-state index in [0.29, 0.717) is 18.9 Å². The molecule has 0 fully saturated rings. The molecule has 15 heavy (non-hydrogen) atoms. The molecule has 0 radical (unpaired) electrons. The van der Waals surface area contributed by atoms with Gasteiger partial charge in [0.1, 0.15) is 6.33 Å². The second-order valence-corrected chi connectivity index (χ2v) is 3.63. The number of halogens is 1. The van der Waals surface area contributed by atoms with E-state index in [2.05, 4.69) is 10.1 Å². The Morgan fingerprint density at radius 2 is 2.00 bits per heavy atom. The van der Waals surface area contributed by atoms with Crippen LogP contribution in [0.4, 0.5) is 0 Å². The molecule has 0 atom stereocenters. The first-order chi connectivity index (χ1) is 7.28. The Kier molecular flexibility index (Phi) is 2.99. The molecule has 0 saturated heterocycles. The minimum Gasteiger partial charge on any atom is -0.324 e. The van der Waals surface area contributed by atoms with Gasteiger partial charge in [-0.3, -0.25) is 0 Å². The van der Waals surface area contributed by atoms with Crippen molar-refractivity contribution in [1.82, 2.24) is 14.8 Å². The van der Waals surface area contributed by atoms with E-state index in [1.54, 1.807) is 11.0 Å². The van der Waals surface area contributed by atoms with Crippen LogP contribution in [-0.2, 0) is 13.1 Å². The van der Waals surface area contributed by atoms with Crippen LogP contribution in [0.15, 0.2) is 30.6 Å². The second kappa shape index (κ2) is 4.42. The Bertz CT molecular complexity index is 435. The Morgan fingerprint density at radius 1 is 1.27 bits per heavy atom. The lowest BCUT2D eigenvalue weighted by Crippen LogP contribution is -2.03. The van der Waals surface area contributed by atoms with Gasteiger partial charge >= 0.3 is 0 Å². The SMILES string of the molecule is NCc1ncn(Cc2ccc(Cl)cc2)n1. The molecule has 0 unspecified atom stereocenters. The van der Waals surface area contributed by atoms with Crippen LogP contribution in [0.25, 0.3) is 0 Å². The zero-order chi connectivity index (χ0) is 10.7. The molecule has 0 spiro atoms. The zero-order valence-corrected chi connectivity index (χ0v) is 8.85. The lowest BCUT2D eigenvalue weighted by molar-refractivity contribution is 0.672. The van der Waals surface area contributed by atoms with E-state index in [9.17, 15) is 0 Å². The van der Waals surface area contributed by atoms with Crippen molar-refractivity contribution in [3.8, 4) is 0 Å². The van der Waals surface area contributed by atoms with E-state index in [1.807, 2.05) is 24.3 Å². The molecule has 5 heteroatoms. The number of rotatable bonds is 3. The fourth-order valence-electron chi connectivity index (χ4n) is 1.28. The summed E-state index contributed by atoms with van der Waals surface area (Å²) >= 11 is 5.79. The van der Waals surface area contributed by atoms with Crippen molar-refractivity contribution >= 4 is 11.6 Å². The first-order valence-electron chi connectivity index (χ1n) is 4.61. The maximum absolute atomic E-state index is 5.79. The number of hydrogen-bond acceptors (Lipinski definition) is 3. The van der Waals surface area contributed by atoms with Crippen LogP contribution >= 0.6 is 11.6 Å². The molecule has 2 aromatic rings. The summed E-state index contributed by atoms with van der Waals surface area (Å²) in [6.07, 6.45) is 1.68. The van der Waals surface area contributed by atoms with E-state index in [0.717, 1.165) is 10.6 Å². The summed E-state index contributed by atoms with van der Waals surface area (Å²) in [5, 5.41) is 4.93. The molecule has 78 valence electrons. The van der Waals surface area contributed by atoms with E-state index in [-0.39, 0.29) is 0 Å². The molecule has 1 heterocycles. The molecule has 1 aromatic heterocycles. The largest absolute Gasteiger partial charge is 0.324 e. The summed E-state index contributed by atoms with van der Waals surface area (Å²) in [4.78, 5) is 4.05. The normalized spacial score (nSPS) is 10.5. The van der Waals surface area contributed by atoms with Crippen LogP contribution in [0.5, 0.6) is 0 Å². The van der Waals surface area contributed by atoms with Crippen LogP contribution in [0.1, 0.15) is 11.4 Å². The predicted octanol–water partition coefficient (Wildman–Crippen LogP) is 1.44. The minimum absolute atomic E-state index is 0.369. The molecule has 0 aliphatic heterocycles. The van der Waals surface area contributed by atoms with Crippen LogP contribution < -0.4 is 5.73 Å². The highest BCUT2D eigenvalue weighted by Gasteiger charge is 1.99. The Balaban J connectivity index is 2.11. The maximum Gasteiger partial charge on any atom is 0.164 e. The summed E-state index contributed by atoms with van der Waals surface area (Å²) in [6.45, 7) is 1.05. The Hall–Kier alpha value is -1.39. The standard InChI is InChI=1S/C10H11ClN4/c11-9-3-1-8(2-4-9)6-15-7-13-10(5-12)14-15/h1-4,7H,5-6,12H2. The average molecular weight is 223 g/mol. The van der Waals surface area contributed by atoms with Crippen molar-refractivity contribution in [3.63, 3.8) is 0 Å².